The zero-order valence-electron chi connectivity index (χ0n) is 9.44. The van der Waals surface area contributed by atoms with Crippen molar-refractivity contribution < 1.29 is 14.7 Å². The molecule has 0 aliphatic carbocycles. The van der Waals surface area contributed by atoms with Crippen LogP contribution in [0, 0.1) is 0 Å². The SMILES string of the molecule is O=C1CCC(CNc2cc(C(=O)O)cc(Cl)n2)N1. The van der Waals surface area contributed by atoms with Gasteiger partial charge in [0.25, 0.3) is 0 Å². The van der Waals surface area contributed by atoms with E-state index in [0.717, 1.165) is 6.42 Å². The van der Waals surface area contributed by atoms with Crippen molar-refractivity contribution in [3.8, 4) is 0 Å². The Balaban J connectivity index is 2.00. The number of pyridine rings is 1. The van der Waals surface area contributed by atoms with Crippen molar-refractivity contribution in [2.45, 2.75) is 18.9 Å². The molecule has 0 bridgehead atoms. The number of carbonyl (C=O) groups excluding carboxylic acids is 1. The molecule has 1 fully saturated rings. The molecule has 96 valence electrons. The summed E-state index contributed by atoms with van der Waals surface area (Å²) in [6, 6.07) is 2.74. The number of rotatable bonds is 4. The predicted octanol–water partition coefficient (Wildman–Crippen LogP) is 1.12. The quantitative estimate of drug-likeness (QED) is 0.713. The average molecular weight is 270 g/mol. The number of halogens is 1. The molecule has 7 heteroatoms. The fourth-order valence-electron chi connectivity index (χ4n) is 1.77. The first kappa shape index (κ1) is 12.6. The van der Waals surface area contributed by atoms with E-state index in [1.54, 1.807) is 0 Å². The van der Waals surface area contributed by atoms with Crippen molar-refractivity contribution in [3.05, 3.63) is 22.8 Å². The van der Waals surface area contributed by atoms with E-state index in [1.807, 2.05) is 0 Å². The number of aromatic carboxylic acids is 1. The van der Waals surface area contributed by atoms with Gasteiger partial charge in [-0.15, -0.1) is 0 Å². The second-order valence-corrected chi connectivity index (χ2v) is 4.44. The van der Waals surface area contributed by atoms with Crippen LogP contribution in [0.2, 0.25) is 5.15 Å². The molecule has 1 amide bonds. The van der Waals surface area contributed by atoms with Crippen LogP contribution >= 0.6 is 11.6 Å². The summed E-state index contributed by atoms with van der Waals surface area (Å²) in [6.45, 7) is 0.498. The second kappa shape index (κ2) is 5.22. The van der Waals surface area contributed by atoms with Crippen LogP contribution in [-0.2, 0) is 4.79 Å². The Kier molecular flexibility index (Phi) is 3.66. The van der Waals surface area contributed by atoms with Gasteiger partial charge in [0.2, 0.25) is 5.91 Å². The van der Waals surface area contributed by atoms with Gasteiger partial charge in [0, 0.05) is 19.0 Å². The van der Waals surface area contributed by atoms with Crippen molar-refractivity contribution in [1.29, 1.82) is 0 Å². The van der Waals surface area contributed by atoms with Gasteiger partial charge in [-0.05, 0) is 18.6 Å². The second-order valence-electron chi connectivity index (χ2n) is 4.05. The summed E-state index contributed by atoms with van der Waals surface area (Å²) in [4.78, 5) is 25.8. The minimum Gasteiger partial charge on any atom is -0.478 e. The average Bonchev–Trinajstić information content (AvgIpc) is 2.72. The Labute approximate surface area is 108 Å². The third-order valence-electron chi connectivity index (χ3n) is 2.66. The molecule has 1 aliphatic heterocycles. The van der Waals surface area contributed by atoms with Crippen molar-refractivity contribution in [2.24, 2.45) is 0 Å². The fourth-order valence-corrected chi connectivity index (χ4v) is 1.98. The number of hydrogen-bond donors (Lipinski definition) is 3. The van der Waals surface area contributed by atoms with E-state index in [2.05, 4.69) is 15.6 Å². The third kappa shape index (κ3) is 3.10. The minimum absolute atomic E-state index is 0.0343. The van der Waals surface area contributed by atoms with Crippen molar-refractivity contribution in [1.82, 2.24) is 10.3 Å². The minimum atomic E-state index is -1.06. The maximum atomic E-state index is 11.0. The topological polar surface area (TPSA) is 91.3 Å². The number of aromatic nitrogens is 1. The molecule has 1 aliphatic rings. The zero-order valence-corrected chi connectivity index (χ0v) is 10.2. The fraction of sp³-hybridized carbons (Fsp3) is 0.364. The molecule has 0 aromatic carbocycles. The lowest BCUT2D eigenvalue weighted by Crippen LogP contribution is -2.32. The maximum Gasteiger partial charge on any atom is 0.335 e. The Hall–Kier alpha value is -1.82. The number of amides is 1. The van der Waals surface area contributed by atoms with E-state index in [-0.39, 0.29) is 22.7 Å². The van der Waals surface area contributed by atoms with Gasteiger partial charge < -0.3 is 15.7 Å². The predicted molar refractivity (Wildman–Crippen MR) is 65.9 cm³/mol. The lowest BCUT2D eigenvalue weighted by molar-refractivity contribution is -0.119. The molecule has 1 saturated heterocycles. The maximum absolute atomic E-state index is 11.0. The Morgan fingerprint density at radius 2 is 2.39 bits per heavy atom. The standard InChI is InChI=1S/C11H12ClN3O3/c12-8-3-6(11(17)18)4-9(15-8)13-5-7-1-2-10(16)14-7/h3-4,7H,1-2,5H2,(H,13,15)(H,14,16)(H,17,18). The van der Waals surface area contributed by atoms with Crippen LogP contribution in [0.1, 0.15) is 23.2 Å². The Bertz CT molecular complexity index is 492. The highest BCUT2D eigenvalue weighted by Gasteiger charge is 2.20. The number of nitrogens with zero attached hydrogens (tertiary/aromatic N) is 1. The van der Waals surface area contributed by atoms with Crippen LogP contribution in [0.5, 0.6) is 0 Å². The summed E-state index contributed by atoms with van der Waals surface area (Å²) in [5.74, 6) is -0.635. The van der Waals surface area contributed by atoms with E-state index in [1.165, 1.54) is 12.1 Å². The van der Waals surface area contributed by atoms with Gasteiger partial charge in [-0.1, -0.05) is 11.6 Å². The Morgan fingerprint density at radius 1 is 1.61 bits per heavy atom. The molecule has 1 atom stereocenters. The van der Waals surface area contributed by atoms with E-state index in [9.17, 15) is 9.59 Å². The first-order chi connectivity index (χ1) is 8.54. The summed E-state index contributed by atoms with van der Waals surface area (Å²) in [7, 11) is 0. The summed E-state index contributed by atoms with van der Waals surface area (Å²) >= 11 is 5.73. The first-order valence-electron chi connectivity index (χ1n) is 5.49. The molecule has 1 aromatic rings. The van der Waals surface area contributed by atoms with Gasteiger partial charge in [-0.2, -0.15) is 0 Å². The molecule has 2 rings (SSSR count). The first-order valence-corrected chi connectivity index (χ1v) is 5.86. The van der Waals surface area contributed by atoms with Crippen LogP contribution in [0.4, 0.5) is 5.82 Å². The van der Waals surface area contributed by atoms with Gasteiger partial charge in [0.05, 0.1) is 5.56 Å². The van der Waals surface area contributed by atoms with Gasteiger partial charge in [-0.3, -0.25) is 4.79 Å². The monoisotopic (exact) mass is 269 g/mol. The molecular formula is C11H12ClN3O3. The highest BCUT2D eigenvalue weighted by atomic mass is 35.5. The molecule has 0 radical (unpaired) electrons. The van der Waals surface area contributed by atoms with Crippen LogP contribution < -0.4 is 10.6 Å². The lowest BCUT2D eigenvalue weighted by atomic mass is 10.2. The van der Waals surface area contributed by atoms with E-state index in [4.69, 9.17) is 16.7 Å². The van der Waals surface area contributed by atoms with E-state index < -0.39 is 5.97 Å². The van der Waals surface area contributed by atoms with Crippen molar-refractivity contribution >= 4 is 29.3 Å². The molecular weight excluding hydrogens is 258 g/mol. The molecule has 0 saturated carbocycles. The van der Waals surface area contributed by atoms with Gasteiger partial charge in [-0.25, -0.2) is 9.78 Å². The van der Waals surface area contributed by atoms with Crippen LogP contribution in [0.15, 0.2) is 12.1 Å². The number of anilines is 1. The number of hydrogen-bond acceptors (Lipinski definition) is 4. The smallest absolute Gasteiger partial charge is 0.335 e. The van der Waals surface area contributed by atoms with Gasteiger partial charge >= 0.3 is 5.97 Å². The van der Waals surface area contributed by atoms with Crippen LogP contribution in [-0.4, -0.2) is 34.6 Å². The molecule has 2 heterocycles. The van der Waals surface area contributed by atoms with Crippen molar-refractivity contribution in [2.75, 3.05) is 11.9 Å². The summed E-state index contributed by atoms with van der Waals surface area (Å²) in [5.41, 5.74) is 0.0768. The molecule has 0 spiro atoms. The van der Waals surface area contributed by atoms with E-state index >= 15 is 0 Å². The number of nitrogens with one attached hydrogen (secondary N) is 2. The van der Waals surface area contributed by atoms with E-state index in [0.29, 0.717) is 18.8 Å². The number of carboxylic acids is 1. The summed E-state index contributed by atoms with van der Waals surface area (Å²) in [5, 5.41) is 14.8. The largest absolute Gasteiger partial charge is 0.478 e. The molecule has 18 heavy (non-hydrogen) atoms. The van der Waals surface area contributed by atoms with Crippen molar-refractivity contribution in [3.63, 3.8) is 0 Å². The summed E-state index contributed by atoms with van der Waals surface area (Å²) < 4.78 is 0. The third-order valence-corrected chi connectivity index (χ3v) is 2.85. The zero-order chi connectivity index (χ0) is 13.1. The number of carboxylic acid groups (broad SMARTS) is 1. The highest BCUT2D eigenvalue weighted by molar-refractivity contribution is 6.29. The summed E-state index contributed by atoms with van der Waals surface area (Å²) in [6.07, 6.45) is 1.29. The van der Waals surface area contributed by atoms with Gasteiger partial charge in [0.15, 0.2) is 0 Å². The van der Waals surface area contributed by atoms with Gasteiger partial charge in [0.1, 0.15) is 11.0 Å². The highest BCUT2D eigenvalue weighted by Crippen LogP contribution is 2.15. The molecule has 6 nitrogen and oxygen atoms in total. The molecule has 1 aromatic heterocycles. The van der Waals surface area contributed by atoms with Crippen LogP contribution in [0.25, 0.3) is 0 Å². The molecule has 1 unspecified atom stereocenters. The molecule has 3 N–H and O–H groups in total. The normalized spacial score (nSPS) is 18.5. The number of carbonyl (C=O) groups is 2. The van der Waals surface area contributed by atoms with Crippen LogP contribution in [0.3, 0.4) is 0 Å². The lowest BCUT2D eigenvalue weighted by Gasteiger charge is -2.12. The Morgan fingerprint density at radius 3 is 3.00 bits per heavy atom.